The third-order valence-electron chi connectivity index (χ3n) is 6.32. The topological polar surface area (TPSA) is 43.2 Å². The van der Waals surface area contributed by atoms with Crippen molar-refractivity contribution in [2.45, 2.75) is 58.3 Å². The van der Waals surface area contributed by atoms with Crippen LogP contribution in [0.5, 0.6) is 5.75 Å². The van der Waals surface area contributed by atoms with E-state index < -0.39 is 0 Å². The smallest absolute Gasteiger partial charge is 0.125 e. The molecule has 3 aromatic rings. The maximum atomic E-state index is 5.48. The number of hydrogen-bond donors (Lipinski definition) is 0. The zero-order chi connectivity index (χ0) is 18.5. The number of aromatic nitrogens is 3. The second-order valence-corrected chi connectivity index (χ2v) is 7.77. The Balaban J connectivity index is 1.53. The van der Waals surface area contributed by atoms with E-state index in [1.807, 2.05) is 6.92 Å². The van der Waals surface area contributed by atoms with Crippen molar-refractivity contribution >= 4 is 10.9 Å². The molecule has 2 atom stereocenters. The van der Waals surface area contributed by atoms with Gasteiger partial charge in [0.25, 0.3) is 0 Å². The van der Waals surface area contributed by atoms with Crippen molar-refractivity contribution in [3.05, 3.63) is 53.2 Å². The van der Waals surface area contributed by atoms with Gasteiger partial charge in [0.15, 0.2) is 0 Å². The van der Waals surface area contributed by atoms with Crippen molar-refractivity contribution in [3.63, 3.8) is 0 Å². The summed E-state index contributed by atoms with van der Waals surface area (Å²) in [5, 5.41) is 1.31. The van der Waals surface area contributed by atoms with Crippen molar-refractivity contribution in [2.75, 3.05) is 7.11 Å². The molecule has 2 bridgehead atoms. The Morgan fingerprint density at radius 2 is 2.15 bits per heavy atom. The van der Waals surface area contributed by atoms with Crippen LogP contribution in [0.3, 0.4) is 0 Å². The number of ether oxygens (including phenoxy) is 1. The molecule has 2 aromatic heterocycles. The molecule has 0 aliphatic carbocycles. The first-order chi connectivity index (χ1) is 13.2. The minimum atomic E-state index is 0.449. The van der Waals surface area contributed by atoms with E-state index in [0.717, 1.165) is 31.1 Å². The third kappa shape index (κ3) is 2.64. The van der Waals surface area contributed by atoms with E-state index >= 15 is 0 Å². The molecule has 0 amide bonds. The number of methoxy groups -OCH3 is 1. The third-order valence-corrected chi connectivity index (χ3v) is 6.32. The highest BCUT2D eigenvalue weighted by atomic mass is 16.5. The number of rotatable bonds is 4. The molecular formula is C22H26N4O. The maximum absolute atomic E-state index is 5.48. The van der Waals surface area contributed by atoms with Gasteiger partial charge >= 0.3 is 0 Å². The van der Waals surface area contributed by atoms with Gasteiger partial charge in [0.1, 0.15) is 11.6 Å². The number of hydrogen-bond acceptors (Lipinski definition) is 4. The number of nitrogens with zero attached hydrogens (tertiary/aromatic N) is 4. The molecule has 0 N–H and O–H groups in total. The zero-order valence-corrected chi connectivity index (χ0v) is 16.3. The van der Waals surface area contributed by atoms with Crippen LogP contribution in [0.4, 0.5) is 0 Å². The monoisotopic (exact) mass is 362 g/mol. The molecule has 1 saturated heterocycles. The van der Waals surface area contributed by atoms with Gasteiger partial charge in [-0.1, -0.05) is 0 Å². The van der Waals surface area contributed by atoms with Gasteiger partial charge in [0.05, 0.1) is 12.8 Å². The summed E-state index contributed by atoms with van der Waals surface area (Å²) < 4.78 is 7.83. The molecule has 2 aliphatic heterocycles. The Kier molecular flexibility index (Phi) is 3.93. The average molecular weight is 362 g/mol. The predicted molar refractivity (Wildman–Crippen MR) is 106 cm³/mol. The van der Waals surface area contributed by atoms with Crippen molar-refractivity contribution < 1.29 is 4.74 Å². The lowest BCUT2D eigenvalue weighted by atomic mass is 9.98. The number of fused-ring (bicyclic) bond motifs is 5. The number of aryl methyl sites for hydroxylation is 2. The Morgan fingerprint density at radius 1 is 1.26 bits per heavy atom. The fraction of sp³-hybridized carbons (Fsp3) is 0.455. The molecule has 1 aromatic carbocycles. The van der Waals surface area contributed by atoms with E-state index in [4.69, 9.17) is 9.72 Å². The first kappa shape index (κ1) is 16.8. The van der Waals surface area contributed by atoms with Crippen LogP contribution in [0, 0.1) is 6.92 Å². The molecule has 2 aliphatic rings. The summed E-state index contributed by atoms with van der Waals surface area (Å²) in [6.45, 7) is 6.14. The fourth-order valence-corrected chi connectivity index (χ4v) is 4.98. The molecule has 0 radical (unpaired) electrons. The molecule has 5 heteroatoms. The van der Waals surface area contributed by atoms with Gasteiger partial charge in [-0.25, -0.2) is 9.97 Å². The molecule has 140 valence electrons. The second-order valence-electron chi connectivity index (χ2n) is 7.77. The Labute approximate surface area is 160 Å². The van der Waals surface area contributed by atoms with E-state index in [2.05, 4.69) is 52.0 Å². The predicted octanol–water partition coefficient (Wildman–Crippen LogP) is 4.03. The summed E-state index contributed by atoms with van der Waals surface area (Å²) in [5.74, 6) is 1.81. The van der Waals surface area contributed by atoms with Crippen molar-refractivity contribution in [2.24, 2.45) is 0 Å². The van der Waals surface area contributed by atoms with Crippen molar-refractivity contribution in [1.82, 2.24) is 19.4 Å². The van der Waals surface area contributed by atoms with Gasteiger partial charge in [-0.15, -0.1) is 0 Å². The largest absolute Gasteiger partial charge is 0.497 e. The Morgan fingerprint density at radius 3 is 2.96 bits per heavy atom. The normalized spacial score (nSPS) is 21.6. The molecular weight excluding hydrogens is 336 g/mol. The Hall–Kier alpha value is -2.40. The Bertz CT molecular complexity index is 1010. The van der Waals surface area contributed by atoms with Crippen LogP contribution in [0.15, 0.2) is 30.6 Å². The van der Waals surface area contributed by atoms with Gasteiger partial charge < -0.3 is 9.30 Å². The number of benzene rings is 1. The van der Waals surface area contributed by atoms with Crippen molar-refractivity contribution in [1.29, 1.82) is 0 Å². The summed E-state index contributed by atoms with van der Waals surface area (Å²) in [6, 6.07) is 7.45. The van der Waals surface area contributed by atoms with Crippen LogP contribution < -0.4 is 4.74 Å². The van der Waals surface area contributed by atoms with Crippen LogP contribution in [-0.4, -0.2) is 32.6 Å². The molecule has 5 nitrogen and oxygen atoms in total. The lowest BCUT2D eigenvalue weighted by Gasteiger charge is -2.35. The minimum Gasteiger partial charge on any atom is -0.497 e. The summed E-state index contributed by atoms with van der Waals surface area (Å²) in [7, 11) is 1.74. The molecule has 0 saturated carbocycles. The highest BCUT2D eigenvalue weighted by molar-refractivity contribution is 5.85. The SMILES string of the molecule is CCn1cc(CN2[C@@H]3CC[C@@H]2c2cnc(C)nc2C3)c2cc(OC)ccc21. The summed E-state index contributed by atoms with van der Waals surface area (Å²) >= 11 is 0. The minimum absolute atomic E-state index is 0.449. The van der Waals surface area contributed by atoms with E-state index in [0.29, 0.717) is 12.1 Å². The summed E-state index contributed by atoms with van der Waals surface area (Å²) in [6.07, 6.45) is 7.89. The summed E-state index contributed by atoms with van der Waals surface area (Å²) in [5.41, 5.74) is 5.28. The fourth-order valence-electron chi connectivity index (χ4n) is 4.98. The van der Waals surface area contributed by atoms with Crippen LogP contribution in [0.2, 0.25) is 0 Å². The lowest BCUT2D eigenvalue weighted by Crippen LogP contribution is -2.37. The van der Waals surface area contributed by atoms with Crippen LogP contribution in [-0.2, 0) is 19.5 Å². The second kappa shape index (κ2) is 6.34. The highest BCUT2D eigenvalue weighted by Crippen LogP contribution is 2.44. The molecule has 5 rings (SSSR count). The first-order valence-electron chi connectivity index (χ1n) is 9.92. The van der Waals surface area contributed by atoms with Crippen LogP contribution >= 0.6 is 0 Å². The van der Waals surface area contributed by atoms with E-state index in [1.165, 1.54) is 40.6 Å². The van der Waals surface area contributed by atoms with E-state index in [1.54, 1.807) is 7.11 Å². The maximum Gasteiger partial charge on any atom is 0.125 e. The molecule has 27 heavy (non-hydrogen) atoms. The van der Waals surface area contributed by atoms with Gasteiger partial charge in [0, 0.05) is 60.5 Å². The van der Waals surface area contributed by atoms with E-state index in [-0.39, 0.29) is 0 Å². The zero-order valence-electron chi connectivity index (χ0n) is 16.3. The van der Waals surface area contributed by atoms with Gasteiger partial charge in [-0.3, -0.25) is 4.90 Å². The summed E-state index contributed by atoms with van der Waals surface area (Å²) in [4.78, 5) is 11.9. The standard InChI is InChI=1S/C22H26N4O/c1-4-25-12-15(18-10-17(27-3)6-8-21(18)25)13-26-16-5-7-22(26)19-11-23-14(2)24-20(19)9-16/h6,8,10-12,16,22H,4-5,7,9,13H2,1-3H3/t16-,22-/m1/s1. The average Bonchev–Trinajstić information content (AvgIpc) is 3.17. The molecule has 0 spiro atoms. The molecule has 1 fully saturated rings. The lowest BCUT2D eigenvalue weighted by molar-refractivity contribution is 0.166. The quantitative estimate of drug-likeness (QED) is 0.703. The van der Waals surface area contributed by atoms with E-state index in [9.17, 15) is 0 Å². The first-order valence-corrected chi connectivity index (χ1v) is 9.92. The molecule has 0 unspecified atom stereocenters. The van der Waals surface area contributed by atoms with Gasteiger partial charge in [-0.05, 0) is 50.5 Å². The molecule has 4 heterocycles. The van der Waals surface area contributed by atoms with Crippen LogP contribution in [0.1, 0.15) is 48.5 Å². The van der Waals surface area contributed by atoms with Gasteiger partial charge in [-0.2, -0.15) is 0 Å². The van der Waals surface area contributed by atoms with Gasteiger partial charge in [0.2, 0.25) is 0 Å². The highest BCUT2D eigenvalue weighted by Gasteiger charge is 2.40. The van der Waals surface area contributed by atoms with Crippen molar-refractivity contribution in [3.8, 4) is 5.75 Å². The van der Waals surface area contributed by atoms with Crippen LogP contribution in [0.25, 0.3) is 10.9 Å².